The maximum absolute atomic E-state index is 13.3. The predicted molar refractivity (Wildman–Crippen MR) is 191 cm³/mol. The number of benzene rings is 1. The van der Waals surface area contributed by atoms with Gasteiger partial charge in [0.25, 0.3) is 0 Å². The smallest absolute Gasteiger partial charge is 0.407 e. The van der Waals surface area contributed by atoms with Crippen molar-refractivity contribution in [2.75, 3.05) is 26.7 Å². The first kappa shape index (κ1) is 40.6. The average molecular weight is 729 g/mol. The number of hydrogen-bond donors (Lipinski definition) is 5. The molecule has 6 atom stereocenters. The summed E-state index contributed by atoms with van der Waals surface area (Å²) in [4.78, 5) is 64.5. The largest absolute Gasteiger partial charge is 0.508 e. The average Bonchev–Trinajstić information content (AvgIpc) is 3.04. The van der Waals surface area contributed by atoms with Gasteiger partial charge < -0.3 is 45.3 Å². The van der Waals surface area contributed by atoms with Crippen molar-refractivity contribution in [2.45, 2.75) is 128 Å². The number of aliphatic hydroxyl groups is 1. The summed E-state index contributed by atoms with van der Waals surface area (Å²) >= 11 is 0. The summed E-state index contributed by atoms with van der Waals surface area (Å²) in [5.74, 6) is -2.25. The molecule has 0 saturated carbocycles. The zero-order chi connectivity index (χ0) is 38.6. The minimum atomic E-state index is -1.24. The fourth-order valence-corrected chi connectivity index (χ4v) is 8.15. The molecule has 1 fully saturated rings. The van der Waals surface area contributed by atoms with E-state index in [-0.39, 0.29) is 37.1 Å². The van der Waals surface area contributed by atoms with E-state index in [1.165, 1.54) is 13.8 Å². The fourth-order valence-electron chi connectivity index (χ4n) is 8.15. The minimum absolute atomic E-state index is 0.0831. The molecule has 14 nitrogen and oxygen atoms in total. The van der Waals surface area contributed by atoms with Gasteiger partial charge >= 0.3 is 18.0 Å². The number of piperidine rings is 1. The maximum atomic E-state index is 13.3. The van der Waals surface area contributed by atoms with Gasteiger partial charge in [-0.2, -0.15) is 0 Å². The van der Waals surface area contributed by atoms with E-state index in [9.17, 15) is 34.2 Å². The van der Waals surface area contributed by atoms with Crippen molar-refractivity contribution in [3.8, 4) is 5.75 Å². The molecule has 52 heavy (non-hydrogen) atoms. The van der Waals surface area contributed by atoms with Gasteiger partial charge in [-0.25, -0.2) is 9.59 Å². The Morgan fingerprint density at radius 3 is 2.48 bits per heavy atom. The molecule has 1 heterocycles. The molecule has 0 radical (unpaired) electrons. The monoisotopic (exact) mass is 728 g/mol. The molecule has 14 heteroatoms. The number of phenolic OH excluding ortho intramolecular Hbond substituents is 1. The van der Waals surface area contributed by atoms with Gasteiger partial charge in [-0.1, -0.05) is 13.0 Å². The van der Waals surface area contributed by atoms with Gasteiger partial charge in [0.1, 0.15) is 23.2 Å². The van der Waals surface area contributed by atoms with E-state index >= 15 is 0 Å². The number of alkyl carbamates (subject to hydrolysis) is 1. The summed E-state index contributed by atoms with van der Waals surface area (Å²) in [6.07, 6.45) is 2.62. The van der Waals surface area contributed by atoms with Crippen molar-refractivity contribution < 1.29 is 48.4 Å². The number of esters is 2. The third-order valence-electron chi connectivity index (χ3n) is 10.6. The number of likely N-dealkylation sites (N-methyl/N-ethyl adjacent to an activating group) is 1. The second-order valence-electron chi connectivity index (χ2n) is 15.4. The second-order valence-corrected chi connectivity index (χ2v) is 15.4. The highest BCUT2D eigenvalue weighted by Crippen LogP contribution is 2.61. The first-order valence-corrected chi connectivity index (χ1v) is 18.2. The SMILES string of the molecule is CC(=O)N[C@@H](CCCCNC(=O)OC(C)(C)C)C(=O)NCCC(=O)O[C@@H](C)C(=O)OC1=CC[C@@]2(O)[C@H]3Cc4ccc(O)c(C)c4[C@@]2(CCN3C)[C@H]1C. The zero-order valence-electron chi connectivity index (χ0n) is 31.7. The number of carbonyl (C=O) groups excluding carboxylic acids is 5. The van der Waals surface area contributed by atoms with Crippen molar-refractivity contribution in [1.82, 2.24) is 20.9 Å². The van der Waals surface area contributed by atoms with Crippen LogP contribution in [0, 0.1) is 12.8 Å². The van der Waals surface area contributed by atoms with Crippen LogP contribution in [0.25, 0.3) is 0 Å². The highest BCUT2D eigenvalue weighted by molar-refractivity contribution is 5.87. The topological polar surface area (TPSA) is 193 Å². The fraction of sp³-hybridized carbons (Fsp3) is 0.658. The third kappa shape index (κ3) is 8.71. The molecule has 5 N–H and O–H groups in total. The Balaban J connectivity index is 1.29. The molecule has 0 spiro atoms. The van der Waals surface area contributed by atoms with Crippen molar-refractivity contribution in [2.24, 2.45) is 5.92 Å². The molecule has 2 aliphatic carbocycles. The van der Waals surface area contributed by atoms with E-state index in [1.807, 2.05) is 27.0 Å². The number of fused-ring (bicyclic) bond motifs is 1. The minimum Gasteiger partial charge on any atom is -0.508 e. The molecule has 2 bridgehead atoms. The Bertz CT molecular complexity index is 1570. The van der Waals surface area contributed by atoms with Crippen molar-refractivity contribution in [3.63, 3.8) is 0 Å². The van der Waals surface area contributed by atoms with E-state index in [4.69, 9.17) is 14.2 Å². The molecular formula is C38H56N4O10. The van der Waals surface area contributed by atoms with Gasteiger partial charge in [-0.15, -0.1) is 0 Å². The van der Waals surface area contributed by atoms with Gasteiger partial charge in [0, 0.05) is 43.8 Å². The number of carbonyl (C=O) groups is 5. The van der Waals surface area contributed by atoms with Crippen molar-refractivity contribution >= 4 is 29.8 Å². The van der Waals surface area contributed by atoms with Crippen molar-refractivity contribution in [1.29, 1.82) is 0 Å². The van der Waals surface area contributed by atoms with Crippen LogP contribution >= 0.6 is 0 Å². The van der Waals surface area contributed by atoms with Gasteiger partial charge in [-0.05, 0) is 109 Å². The Kier molecular flexibility index (Phi) is 12.7. The van der Waals surface area contributed by atoms with Gasteiger partial charge in [0.05, 0.1) is 12.0 Å². The summed E-state index contributed by atoms with van der Waals surface area (Å²) in [5.41, 5.74) is 0.103. The van der Waals surface area contributed by atoms with Crippen LogP contribution in [0.1, 0.15) is 96.8 Å². The van der Waals surface area contributed by atoms with E-state index in [2.05, 4.69) is 20.9 Å². The lowest BCUT2D eigenvalue weighted by molar-refractivity contribution is -0.173. The van der Waals surface area contributed by atoms with Crippen LogP contribution in [0.5, 0.6) is 5.75 Å². The molecule has 1 saturated heterocycles. The highest BCUT2D eigenvalue weighted by Gasteiger charge is 2.66. The normalized spacial score (nSPS) is 24.9. The molecule has 1 aliphatic heterocycles. The van der Waals surface area contributed by atoms with E-state index < -0.39 is 58.6 Å². The van der Waals surface area contributed by atoms with E-state index in [1.54, 1.807) is 32.9 Å². The lowest BCUT2D eigenvalue weighted by Gasteiger charge is -2.65. The van der Waals surface area contributed by atoms with Crippen LogP contribution in [-0.2, 0) is 45.2 Å². The Labute approximate surface area is 306 Å². The van der Waals surface area contributed by atoms with Crippen LogP contribution in [0.15, 0.2) is 24.0 Å². The maximum Gasteiger partial charge on any atom is 0.407 e. The first-order chi connectivity index (χ1) is 24.3. The van der Waals surface area contributed by atoms with Crippen molar-refractivity contribution in [3.05, 3.63) is 40.7 Å². The first-order valence-electron chi connectivity index (χ1n) is 18.2. The molecule has 1 aromatic rings. The lowest BCUT2D eigenvalue weighted by Crippen LogP contribution is -2.73. The van der Waals surface area contributed by atoms with Crippen LogP contribution < -0.4 is 16.0 Å². The van der Waals surface area contributed by atoms with E-state index in [0.717, 1.165) is 17.7 Å². The number of ether oxygens (including phenoxy) is 3. The molecule has 3 amide bonds. The number of unbranched alkanes of at least 4 members (excludes halogenated alkanes) is 1. The molecule has 288 valence electrons. The number of rotatable bonds is 13. The van der Waals surface area contributed by atoms with Crippen LogP contribution in [0.2, 0.25) is 0 Å². The summed E-state index contributed by atoms with van der Waals surface area (Å²) in [7, 11) is 2.01. The quantitative estimate of drug-likeness (QED) is 0.114. The van der Waals surface area contributed by atoms with Gasteiger partial charge in [0.15, 0.2) is 6.10 Å². The summed E-state index contributed by atoms with van der Waals surface area (Å²) < 4.78 is 16.4. The lowest BCUT2D eigenvalue weighted by atomic mass is 9.47. The third-order valence-corrected chi connectivity index (χ3v) is 10.6. The molecule has 0 aromatic heterocycles. The van der Waals surface area contributed by atoms with Crippen LogP contribution in [-0.4, -0.2) is 101 Å². The number of amides is 3. The number of aromatic hydroxyl groups is 1. The van der Waals surface area contributed by atoms with E-state index in [0.29, 0.717) is 50.0 Å². The number of likely N-dealkylation sites (tertiary alicyclic amines) is 1. The summed E-state index contributed by atoms with van der Waals surface area (Å²) in [6, 6.07) is 2.61. The Morgan fingerprint density at radius 2 is 1.81 bits per heavy atom. The zero-order valence-corrected chi connectivity index (χ0v) is 31.7. The van der Waals surface area contributed by atoms with Crippen LogP contribution in [0.3, 0.4) is 0 Å². The Morgan fingerprint density at radius 1 is 1.10 bits per heavy atom. The molecule has 0 unspecified atom stereocenters. The van der Waals surface area contributed by atoms with Crippen LogP contribution in [0.4, 0.5) is 4.79 Å². The van der Waals surface area contributed by atoms with Gasteiger partial charge in [0.2, 0.25) is 11.8 Å². The number of phenols is 1. The number of nitrogens with zero attached hydrogens (tertiary/aromatic N) is 1. The summed E-state index contributed by atoms with van der Waals surface area (Å²) in [6.45, 7) is 12.8. The van der Waals surface area contributed by atoms with Gasteiger partial charge in [-0.3, -0.25) is 14.4 Å². The highest BCUT2D eigenvalue weighted by atomic mass is 16.6. The standard InChI is InChI=1S/C38H56N4O10/c1-22-28(44)13-12-26-21-30-38(49)16-14-29(23(2)37(38,32(22)26)17-20-42(30)8)51-34(47)24(3)50-31(45)15-19-39-33(46)27(41-25(4)43)11-9-10-18-40-35(48)52-36(5,6)7/h12-14,23-24,27,30,44,49H,9-11,15-21H2,1-8H3,(H,39,46)(H,40,48)(H,41,43)/t23-,24-,27-,30+,37+,38+/m0/s1. The summed E-state index contributed by atoms with van der Waals surface area (Å²) in [5, 5.41) is 31.0. The molecule has 4 rings (SSSR count). The number of hydrogen-bond acceptors (Lipinski definition) is 11. The molecule has 3 aliphatic rings. The second kappa shape index (κ2) is 16.2. The molecule has 1 aromatic carbocycles. The number of allylic oxidation sites excluding steroid dienone is 1. The Hall–Kier alpha value is -4.17. The predicted octanol–water partition coefficient (Wildman–Crippen LogP) is 3.03. The molecular weight excluding hydrogens is 672 g/mol. The number of nitrogens with one attached hydrogen (secondary N) is 3.